The first-order chi connectivity index (χ1) is 6.77. The van der Waals surface area contributed by atoms with Gasteiger partial charge < -0.3 is 4.74 Å². The fourth-order valence-corrected chi connectivity index (χ4v) is 1.25. The molecule has 78 valence electrons. The Labute approximate surface area is 88.1 Å². The zero-order chi connectivity index (χ0) is 10.4. The molecule has 0 aliphatic carbocycles. The molecule has 0 unspecified atom stereocenters. The molecule has 0 radical (unpaired) electrons. The average molecular weight is 218 g/mol. The quantitative estimate of drug-likeness (QED) is 0.559. The van der Waals surface area contributed by atoms with Gasteiger partial charge in [0.15, 0.2) is 0 Å². The fraction of sp³-hybridized carbons (Fsp3) is 0.500. The number of nitrogens with zero attached hydrogens (tertiary/aromatic N) is 1. The second-order valence-electron chi connectivity index (χ2n) is 2.92. The van der Waals surface area contributed by atoms with Crippen molar-refractivity contribution in [3.05, 3.63) is 23.5 Å². The van der Waals surface area contributed by atoms with Gasteiger partial charge in [-0.15, -0.1) is 11.6 Å². The van der Waals surface area contributed by atoms with Gasteiger partial charge in [0.2, 0.25) is 0 Å². The zero-order valence-corrected chi connectivity index (χ0v) is 8.85. The molecule has 0 aromatic carbocycles. The fourth-order valence-electron chi connectivity index (χ4n) is 1.06. The van der Waals surface area contributed by atoms with Gasteiger partial charge in [-0.2, -0.15) is 0 Å². The Morgan fingerprint density at radius 3 is 2.93 bits per heavy atom. The number of aryl methyl sites for hydroxylation is 1. The van der Waals surface area contributed by atoms with E-state index in [0.29, 0.717) is 30.4 Å². The predicted molar refractivity (Wildman–Crippen MR) is 54.6 cm³/mol. The van der Waals surface area contributed by atoms with E-state index < -0.39 is 0 Å². The van der Waals surface area contributed by atoms with Gasteiger partial charge in [-0.1, -0.05) is 0 Å². The second-order valence-corrected chi connectivity index (χ2v) is 3.19. The number of ether oxygens (including phenoxy) is 1. The van der Waals surface area contributed by atoms with Crippen LogP contribution in [0.1, 0.15) is 17.8 Å². The smallest absolute Gasteiger partial charge is 0.142 e. The summed E-state index contributed by atoms with van der Waals surface area (Å²) >= 11 is 5.70. The van der Waals surface area contributed by atoms with Gasteiger partial charge >= 0.3 is 0 Å². The van der Waals surface area contributed by atoms with E-state index in [9.17, 15) is 4.39 Å². The van der Waals surface area contributed by atoms with E-state index in [0.717, 1.165) is 5.69 Å². The van der Waals surface area contributed by atoms with Crippen LogP contribution < -0.4 is 4.74 Å². The Bertz CT molecular complexity index is 293. The van der Waals surface area contributed by atoms with Gasteiger partial charge in [-0.05, 0) is 19.1 Å². The normalized spacial score (nSPS) is 10.2. The maximum atomic E-state index is 11.8. The van der Waals surface area contributed by atoms with Crippen LogP contribution in [0.5, 0.6) is 5.75 Å². The highest BCUT2D eigenvalue weighted by molar-refractivity contribution is 6.17. The maximum Gasteiger partial charge on any atom is 0.142 e. The van der Waals surface area contributed by atoms with Crippen molar-refractivity contribution in [2.75, 3.05) is 13.3 Å². The van der Waals surface area contributed by atoms with Gasteiger partial charge in [0.1, 0.15) is 5.75 Å². The number of aromatic nitrogens is 1. The monoisotopic (exact) mass is 217 g/mol. The summed E-state index contributed by atoms with van der Waals surface area (Å²) in [6.07, 6.45) is 0.398. The van der Waals surface area contributed by atoms with E-state index in [4.69, 9.17) is 16.3 Å². The molecular weight excluding hydrogens is 205 g/mol. The van der Waals surface area contributed by atoms with Gasteiger partial charge in [0.25, 0.3) is 0 Å². The molecule has 4 heteroatoms. The van der Waals surface area contributed by atoms with E-state index in [1.54, 1.807) is 0 Å². The van der Waals surface area contributed by atoms with Crippen LogP contribution in [0.15, 0.2) is 12.1 Å². The van der Waals surface area contributed by atoms with Crippen LogP contribution >= 0.6 is 11.6 Å². The number of hydrogen-bond acceptors (Lipinski definition) is 2. The molecule has 1 heterocycles. The largest absolute Gasteiger partial charge is 0.492 e. The summed E-state index contributed by atoms with van der Waals surface area (Å²) in [6.45, 7) is 1.89. The van der Waals surface area contributed by atoms with E-state index >= 15 is 0 Å². The molecule has 0 N–H and O–H groups in total. The number of alkyl halides is 2. The molecule has 0 amide bonds. The molecule has 0 aliphatic heterocycles. The van der Waals surface area contributed by atoms with Crippen molar-refractivity contribution in [2.45, 2.75) is 19.2 Å². The highest BCUT2D eigenvalue weighted by Crippen LogP contribution is 2.18. The molecule has 1 rings (SSSR count). The Morgan fingerprint density at radius 2 is 2.29 bits per heavy atom. The first kappa shape index (κ1) is 11.2. The number of rotatable bonds is 5. The van der Waals surface area contributed by atoms with Crippen molar-refractivity contribution < 1.29 is 9.13 Å². The number of pyridine rings is 1. The van der Waals surface area contributed by atoms with Crippen LogP contribution in [0, 0.1) is 6.92 Å². The van der Waals surface area contributed by atoms with E-state index in [2.05, 4.69) is 4.98 Å². The summed E-state index contributed by atoms with van der Waals surface area (Å²) in [6, 6.07) is 3.67. The SMILES string of the molecule is Cc1ccc(OCCCF)c(CCl)n1. The minimum atomic E-state index is -0.366. The van der Waals surface area contributed by atoms with Gasteiger partial charge in [-0.3, -0.25) is 9.37 Å². The predicted octanol–water partition coefficient (Wildman–Crippen LogP) is 2.87. The third kappa shape index (κ3) is 3.14. The Morgan fingerprint density at radius 1 is 1.50 bits per heavy atom. The van der Waals surface area contributed by atoms with Gasteiger partial charge in [-0.25, -0.2) is 0 Å². The highest BCUT2D eigenvalue weighted by atomic mass is 35.5. The molecule has 0 aliphatic rings. The number of hydrogen-bond donors (Lipinski definition) is 0. The van der Waals surface area contributed by atoms with Crippen molar-refractivity contribution in [1.82, 2.24) is 4.98 Å². The first-order valence-electron chi connectivity index (χ1n) is 4.49. The Balaban J connectivity index is 2.65. The lowest BCUT2D eigenvalue weighted by molar-refractivity contribution is 0.286. The second kappa shape index (κ2) is 5.81. The van der Waals surface area contributed by atoms with Crippen molar-refractivity contribution in [1.29, 1.82) is 0 Å². The molecule has 2 nitrogen and oxygen atoms in total. The summed E-state index contributed by atoms with van der Waals surface area (Å²) < 4.78 is 17.2. The van der Waals surface area contributed by atoms with Crippen LogP contribution in [-0.2, 0) is 5.88 Å². The Hall–Kier alpha value is -0.830. The van der Waals surface area contributed by atoms with Gasteiger partial charge in [0, 0.05) is 12.1 Å². The lowest BCUT2D eigenvalue weighted by Crippen LogP contribution is -2.02. The summed E-state index contributed by atoms with van der Waals surface area (Å²) in [5.41, 5.74) is 1.61. The molecule has 0 spiro atoms. The Kier molecular flexibility index (Phi) is 4.66. The lowest BCUT2D eigenvalue weighted by Gasteiger charge is -2.08. The third-order valence-corrected chi connectivity index (χ3v) is 1.99. The molecule has 0 atom stereocenters. The maximum absolute atomic E-state index is 11.8. The first-order valence-corrected chi connectivity index (χ1v) is 5.02. The summed E-state index contributed by atoms with van der Waals surface area (Å²) in [5.74, 6) is 0.964. The van der Waals surface area contributed by atoms with Crippen molar-refractivity contribution >= 4 is 11.6 Å². The topological polar surface area (TPSA) is 22.1 Å². The van der Waals surface area contributed by atoms with Gasteiger partial charge in [0.05, 0.1) is 24.9 Å². The minimum absolute atomic E-state index is 0.312. The minimum Gasteiger partial charge on any atom is -0.492 e. The van der Waals surface area contributed by atoms with Crippen LogP contribution in [-0.4, -0.2) is 18.3 Å². The van der Waals surface area contributed by atoms with Crippen LogP contribution in [0.2, 0.25) is 0 Å². The lowest BCUT2D eigenvalue weighted by atomic mass is 10.3. The molecular formula is C10H13ClFNO. The molecule has 14 heavy (non-hydrogen) atoms. The molecule has 0 saturated heterocycles. The molecule has 0 fully saturated rings. The highest BCUT2D eigenvalue weighted by Gasteiger charge is 2.04. The van der Waals surface area contributed by atoms with Crippen molar-refractivity contribution in [3.63, 3.8) is 0 Å². The van der Waals surface area contributed by atoms with Crippen LogP contribution in [0.25, 0.3) is 0 Å². The molecule has 1 aromatic heterocycles. The molecule has 0 saturated carbocycles. The standard InChI is InChI=1S/C10H13ClFNO/c1-8-3-4-10(9(7-11)13-8)14-6-2-5-12/h3-4H,2,5-7H2,1H3. The molecule has 0 bridgehead atoms. The van der Waals surface area contributed by atoms with Crippen LogP contribution in [0.3, 0.4) is 0 Å². The van der Waals surface area contributed by atoms with Crippen molar-refractivity contribution in [3.8, 4) is 5.75 Å². The average Bonchev–Trinajstić information content (AvgIpc) is 2.20. The van der Waals surface area contributed by atoms with Crippen LogP contribution in [0.4, 0.5) is 4.39 Å². The third-order valence-electron chi connectivity index (χ3n) is 1.73. The van der Waals surface area contributed by atoms with E-state index in [-0.39, 0.29) is 6.67 Å². The summed E-state index contributed by atoms with van der Waals surface area (Å²) in [5, 5.41) is 0. The zero-order valence-electron chi connectivity index (χ0n) is 8.09. The summed E-state index contributed by atoms with van der Waals surface area (Å²) in [4.78, 5) is 4.22. The molecule has 1 aromatic rings. The summed E-state index contributed by atoms with van der Waals surface area (Å²) in [7, 11) is 0. The number of halogens is 2. The van der Waals surface area contributed by atoms with Crippen molar-refractivity contribution in [2.24, 2.45) is 0 Å². The van der Waals surface area contributed by atoms with E-state index in [1.165, 1.54) is 0 Å². The van der Waals surface area contributed by atoms with E-state index in [1.807, 2.05) is 19.1 Å².